The second-order valence-electron chi connectivity index (χ2n) is 6.01. The van der Waals surface area contributed by atoms with Crippen LogP contribution in [0.5, 0.6) is 0 Å². The molecule has 0 atom stereocenters. The molecule has 2 aromatic rings. The quantitative estimate of drug-likeness (QED) is 0.870. The molecule has 24 heavy (non-hydrogen) atoms. The van der Waals surface area contributed by atoms with Crippen molar-refractivity contribution in [2.24, 2.45) is 0 Å². The Hall–Kier alpha value is -2.62. The summed E-state index contributed by atoms with van der Waals surface area (Å²) in [5, 5.41) is 2.92. The van der Waals surface area contributed by atoms with E-state index >= 15 is 0 Å². The Balaban J connectivity index is 1.80. The van der Waals surface area contributed by atoms with E-state index < -0.39 is 0 Å². The van der Waals surface area contributed by atoms with Crippen LogP contribution in [0.3, 0.4) is 0 Å². The average Bonchev–Trinajstić information content (AvgIpc) is 2.58. The third-order valence-electron chi connectivity index (χ3n) is 3.98. The minimum absolute atomic E-state index is 0.0146. The van der Waals surface area contributed by atoms with E-state index in [9.17, 15) is 9.59 Å². The average molecular weight is 324 g/mol. The number of carbonyl (C=O) groups is 2. The van der Waals surface area contributed by atoms with Crippen molar-refractivity contribution >= 4 is 23.2 Å². The van der Waals surface area contributed by atoms with E-state index in [4.69, 9.17) is 0 Å². The minimum Gasteiger partial charge on any atom is -0.326 e. The van der Waals surface area contributed by atoms with Crippen LogP contribution >= 0.6 is 0 Å². The number of aryl methyl sites for hydroxylation is 2. The molecule has 4 heteroatoms. The maximum absolute atomic E-state index is 12.2. The molecule has 2 amide bonds. The molecule has 2 rings (SSSR count). The van der Waals surface area contributed by atoms with Crippen LogP contribution < -0.4 is 10.2 Å². The Labute approximate surface area is 143 Å². The minimum atomic E-state index is -0.0566. The van der Waals surface area contributed by atoms with Crippen LogP contribution in [0.2, 0.25) is 0 Å². The van der Waals surface area contributed by atoms with Crippen LogP contribution in [0.25, 0.3) is 0 Å². The maximum Gasteiger partial charge on any atom is 0.226 e. The number of nitrogens with zero attached hydrogens (tertiary/aromatic N) is 1. The summed E-state index contributed by atoms with van der Waals surface area (Å²) >= 11 is 0. The molecule has 0 saturated carbocycles. The lowest BCUT2D eigenvalue weighted by atomic mass is 10.1. The molecule has 126 valence electrons. The van der Waals surface area contributed by atoms with E-state index in [0.29, 0.717) is 19.3 Å². The van der Waals surface area contributed by atoms with Crippen molar-refractivity contribution < 1.29 is 9.59 Å². The van der Waals surface area contributed by atoms with Gasteiger partial charge in [-0.2, -0.15) is 0 Å². The van der Waals surface area contributed by atoms with Gasteiger partial charge < -0.3 is 10.2 Å². The molecular formula is C20H24N2O2. The normalized spacial score (nSPS) is 10.3. The lowest BCUT2D eigenvalue weighted by Crippen LogP contribution is -2.26. The predicted octanol–water partition coefficient (Wildman–Crippen LogP) is 4.08. The molecule has 0 saturated heterocycles. The molecule has 0 heterocycles. The van der Waals surface area contributed by atoms with Gasteiger partial charge in [-0.1, -0.05) is 30.3 Å². The first-order valence-electron chi connectivity index (χ1n) is 8.16. The molecule has 0 radical (unpaired) electrons. The van der Waals surface area contributed by atoms with Gasteiger partial charge in [-0.3, -0.25) is 9.59 Å². The number of benzene rings is 2. The van der Waals surface area contributed by atoms with Crippen LogP contribution in [-0.2, 0) is 9.59 Å². The smallest absolute Gasteiger partial charge is 0.226 e. The highest BCUT2D eigenvalue weighted by Gasteiger charge is 2.12. The first-order valence-corrected chi connectivity index (χ1v) is 8.16. The third kappa shape index (κ3) is 4.95. The van der Waals surface area contributed by atoms with Crippen LogP contribution in [0.15, 0.2) is 48.5 Å². The van der Waals surface area contributed by atoms with Gasteiger partial charge in [0.1, 0.15) is 0 Å². The van der Waals surface area contributed by atoms with Gasteiger partial charge in [-0.15, -0.1) is 0 Å². The topological polar surface area (TPSA) is 49.4 Å². The lowest BCUT2D eigenvalue weighted by molar-refractivity contribution is -0.118. The Kier molecular flexibility index (Phi) is 6.13. The number of amides is 2. The molecule has 0 aliphatic carbocycles. The Bertz CT molecular complexity index is 711. The van der Waals surface area contributed by atoms with Crippen LogP contribution in [-0.4, -0.2) is 18.9 Å². The van der Waals surface area contributed by atoms with Crippen molar-refractivity contribution in [3.8, 4) is 0 Å². The van der Waals surface area contributed by atoms with E-state index in [1.807, 2.05) is 62.4 Å². The van der Waals surface area contributed by atoms with Gasteiger partial charge in [-0.05, 0) is 49.6 Å². The SMILES string of the molecule is Cc1ccc(C)c(NC(=O)CCCC(=O)N(C)c2ccccc2)c1. The number of hydrogen-bond acceptors (Lipinski definition) is 2. The third-order valence-corrected chi connectivity index (χ3v) is 3.98. The Morgan fingerprint density at radius 3 is 2.42 bits per heavy atom. The highest BCUT2D eigenvalue weighted by atomic mass is 16.2. The summed E-state index contributed by atoms with van der Waals surface area (Å²) in [5.41, 5.74) is 3.85. The standard InChI is InChI=1S/C20H24N2O2/c1-15-12-13-16(2)18(14-15)21-19(23)10-7-11-20(24)22(3)17-8-5-4-6-9-17/h4-6,8-9,12-14H,7,10-11H2,1-3H3,(H,21,23). The van der Waals surface area contributed by atoms with E-state index in [2.05, 4.69) is 5.32 Å². The summed E-state index contributed by atoms with van der Waals surface area (Å²) in [6.07, 6.45) is 1.22. The highest BCUT2D eigenvalue weighted by Crippen LogP contribution is 2.17. The molecule has 0 aliphatic rings. The van der Waals surface area contributed by atoms with Crippen LogP contribution in [0, 0.1) is 13.8 Å². The number of hydrogen-bond donors (Lipinski definition) is 1. The molecule has 4 nitrogen and oxygen atoms in total. The number of rotatable bonds is 6. The summed E-state index contributed by atoms with van der Waals surface area (Å²) in [4.78, 5) is 25.9. The van der Waals surface area contributed by atoms with Gasteiger partial charge in [0.2, 0.25) is 11.8 Å². The molecule has 0 unspecified atom stereocenters. The molecule has 0 aliphatic heterocycles. The van der Waals surface area contributed by atoms with Gasteiger partial charge in [0.15, 0.2) is 0 Å². The molecular weight excluding hydrogens is 300 g/mol. The van der Waals surface area contributed by atoms with Crippen LogP contribution in [0.4, 0.5) is 11.4 Å². The first-order chi connectivity index (χ1) is 11.5. The largest absolute Gasteiger partial charge is 0.326 e. The van der Waals surface area contributed by atoms with E-state index in [-0.39, 0.29) is 11.8 Å². The van der Waals surface area contributed by atoms with Gasteiger partial charge >= 0.3 is 0 Å². The van der Waals surface area contributed by atoms with E-state index in [1.54, 1.807) is 11.9 Å². The van der Waals surface area contributed by atoms with E-state index in [0.717, 1.165) is 22.5 Å². The zero-order valence-corrected chi connectivity index (χ0v) is 14.5. The first kappa shape index (κ1) is 17.7. The van der Waals surface area contributed by atoms with Crippen molar-refractivity contribution in [1.29, 1.82) is 0 Å². The number of carbonyl (C=O) groups excluding carboxylic acids is 2. The van der Waals surface area contributed by atoms with Gasteiger partial charge in [0, 0.05) is 31.3 Å². The monoisotopic (exact) mass is 324 g/mol. The number of nitrogens with one attached hydrogen (secondary N) is 1. The number of anilines is 2. The fraction of sp³-hybridized carbons (Fsp3) is 0.300. The van der Waals surface area contributed by atoms with Crippen molar-refractivity contribution in [3.05, 3.63) is 59.7 Å². The summed E-state index contributed by atoms with van der Waals surface area (Å²) in [5.74, 6) is -0.0420. The van der Waals surface area contributed by atoms with E-state index in [1.165, 1.54) is 0 Å². The van der Waals surface area contributed by atoms with Crippen molar-refractivity contribution in [2.45, 2.75) is 33.1 Å². The van der Waals surface area contributed by atoms with Crippen molar-refractivity contribution in [3.63, 3.8) is 0 Å². The summed E-state index contributed by atoms with van der Waals surface area (Å²) in [7, 11) is 1.76. The maximum atomic E-state index is 12.2. The van der Waals surface area contributed by atoms with Gasteiger partial charge in [-0.25, -0.2) is 0 Å². The number of para-hydroxylation sites is 1. The summed E-state index contributed by atoms with van der Waals surface area (Å²) in [6, 6.07) is 15.5. The molecule has 1 N–H and O–H groups in total. The second-order valence-corrected chi connectivity index (χ2v) is 6.01. The summed E-state index contributed by atoms with van der Waals surface area (Å²) < 4.78 is 0. The highest BCUT2D eigenvalue weighted by molar-refractivity contribution is 5.94. The summed E-state index contributed by atoms with van der Waals surface area (Å²) in [6.45, 7) is 3.96. The van der Waals surface area contributed by atoms with Crippen molar-refractivity contribution in [2.75, 3.05) is 17.3 Å². The zero-order valence-electron chi connectivity index (χ0n) is 14.5. The Morgan fingerprint density at radius 2 is 1.71 bits per heavy atom. The predicted molar refractivity (Wildman–Crippen MR) is 98.2 cm³/mol. The molecule has 0 fully saturated rings. The molecule has 0 aromatic heterocycles. The fourth-order valence-electron chi connectivity index (χ4n) is 2.45. The van der Waals surface area contributed by atoms with Crippen LogP contribution in [0.1, 0.15) is 30.4 Å². The lowest BCUT2D eigenvalue weighted by Gasteiger charge is -2.17. The van der Waals surface area contributed by atoms with Crippen molar-refractivity contribution in [1.82, 2.24) is 0 Å². The molecule has 0 bridgehead atoms. The zero-order chi connectivity index (χ0) is 17.5. The molecule has 2 aromatic carbocycles. The fourth-order valence-corrected chi connectivity index (χ4v) is 2.45. The van der Waals surface area contributed by atoms with Gasteiger partial charge in [0.25, 0.3) is 0 Å². The molecule has 0 spiro atoms. The second kappa shape index (κ2) is 8.29. The van der Waals surface area contributed by atoms with Gasteiger partial charge in [0.05, 0.1) is 0 Å². The Morgan fingerprint density at radius 1 is 1.00 bits per heavy atom.